The number of rotatable bonds is 5. The van der Waals surface area contributed by atoms with Gasteiger partial charge in [0.1, 0.15) is 6.54 Å². The van der Waals surface area contributed by atoms with Gasteiger partial charge in [0.15, 0.2) is 6.54 Å². The fourth-order valence-corrected chi connectivity index (χ4v) is 3.22. The number of thiophene rings is 1. The molecule has 22 heavy (non-hydrogen) atoms. The third kappa shape index (κ3) is 3.72. The van der Waals surface area contributed by atoms with Crippen molar-refractivity contribution in [2.45, 2.75) is 6.54 Å². The van der Waals surface area contributed by atoms with E-state index in [9.17, 15) is 4.79 Å². The van der Waals surface area contributed by atoms with Gasteiger partial charge >= 0.3 is 0 Å². The molecular formula is C18H19N2OS+. The fraction of sp³-hybridized carbons (Fsp3) is 0.167. The molecule has 4 heteroatoms. The van der Waals surface area contributed by atoms with Crippen LogP contribution >= 0.6 is 11.3 Å². The summed E-state index contributed by atoms with van der Waals surface area (Å²) >= 11 is 1.69. The van der Waals surface area contributed by atoms with Crippen molar-refractivity contribution in [3.63, 3.8) is 0 Å². The Balaban J connectivity index is 1.60. The van der Waals surface area contributed by atoms with Crippen molar-refractivity contribution in [1.29, 1.82) is 0 Å². The molecule has 3 nitrogen and oxygen atoms in total. The molecule has 0 fully saturated rings. The molecular weight excluding hydrogens is 292 g/mol. The van der Waals surface area contributed by atoms with Crippen LogP contribution < -0.4 is 10.2 Å². The average molecular weight is 311 g/mol. The number of amides is 1. The molecule has 1 amide bonds. The van der Waals surface area contributed by atoms with Gasteiger partial charge in [0.25, 0.3) is 5.91 Å². The van der Waals surface area contributed by atoms with E-state index >= 15 is 0 Å². The second-order valence-corrected chi connectivity index (χ2v) is 6.33. The highest BCUT2D eigenvalue weighted by Gasteiger charge is 2.11. The van der Waals surface area contributed by atoms with Crippen LogP contribution in [0.3, 0.4) is 0 Å². The molecule has 2 aromatic carbocycles. The van der Waals surface area contributed by atoms with E-state index in [1.54, 1.807) is 11.3 Å². The van der Waals surface area contributed by atoms with Crippen LogP contribution in [-0.4, -0.2) is 19.5 Å². The number of quaternary nitrogens is 1. The van der Waals surface area contributed by atoms with Crippen LogP contribution in [0.25, 0.3) is 10.8 Å². The zero-order valence-electron chi connectivity index (χ0n) is 12.5. The number of benzene rings is 2. The summed E-state index contributed by atoms with van der Waals surface area (Å²) in [7, 11) is 2.04. The van der Waals surface area contributed by atoms with E-state index in [1.165, 1.54) is 15.8 Å². The van der Waals surface area contributed by atoms with Gasteiger partial charge in [-0.2, -0.15) is 11.3 Å². The molecule has 0 spiro atoms. The summed E-state index contributed by atoms with van der Waals surface area (Å²) in [6, 6.07) is 16.3. The third-order valence-corrected chi connectivity index (χ3v) is 4.31. The number of nitrogens with one attached hydrogen (secondary N) is 2. The predicted octanol–water partition coefficient (Wildman–Crippen LogP) is 2.55. The van der Waals surface area contributed by atoms with Crippen LogP contribution in [0.4, 0.5) is 5.69 Å². The zero-order chi connectivity index (χ0) is 15.4. The molecule has 1 aromatic heterocycles. The monoisotopic (exact) mass is 311 g/mol. The summed E-state index contributed by atoms with van der Waals surface area (Å²) in [4.78, 5) is 13.3. The van der Waals surface area contributed by atoms with E-state index < -0.39 is 0 Å². The Morgan fingerprint density at radius 2 is 1.95 bits per heavy atom. The summed E-state index contributed by atoms with van der Waals surface area (Å²) in [6.07, 6.45) is 0. The molecule has 0 aliphatic heterocycles. The summed E-state index contributed by atoms with van der Waals surface area (Å²) in [6.45, 7) is 1.33. The maximum Gasteiger partial charge on any atom is 0.279 e. The molecule has 0 aliphatic rings. The Labute approximate surface area is 134 Å². The smallest absolute Gasteiger partial charge is 0.279 e. The van der Waals surface area contributed by atoms with Crippen LogP contribution in [0, 0.1) is 0 Å². The molecule has 2 N–H and O–H groups in total. The highest BCUT2D eigenvalue weighted by molar-refractivity contribution is 7.07. The minimum Gasteiger partial charge on any atom is -0.326 e. The molecule has 1 heterocycles. The van der Waals surface area contributed by atoms with Crippen LogP contribution in [0.15, 0.2) is 59.3 Å². The zero-order valence-corrected chi connectivity index (χ0v) is 13.3. The lowest BCUT2D eigenvalue weighted by atomic mass is 10.1. The Morgan fingerprint density at radius 3 is 2.73 bits per heavy atom. The number of fused-ring (bicyclic) bond motifs is 1. The van der Waals surface area contributed by atoms with E-state index in [0.717, 1.165) is 17.6 Å². The van der Waals surface area contributed by atoms with Gasteiger partial charge in [-0.3, -0.25) is 4.79 Å². The number of carbonyl (C=O) groups excluding carboxylic acids is 1. The number of hydrogen-bond donors (Lipinski definition) is 2. The van der Waals surface area contributed by atoms with Crippen molar-refractivity contribution >= 4 is 33.7 Å². The average Bonchev–Trinajstić information content (AvgIpc) is 2.99. The first-order valence-corrected chi connectivity index (χ1v) is 8.26. The Kier molecular flexibility index (Phi) is 4.51. The standard InChI is InChI=1S/C18H18N2OS/c1-20(11-14-8-9-22-13-14)12-18(21)19-17-7-6-15-4-2-3-5-16(15)10-17/h2-10,13H,11-12H2,1H3,(H,19,21)/p+1. The molecule has 112 valence electrons. The number of likely N-dealkylation sites (N-methyl/N-ethyl adjacent to an activating group) is 1. The Hall–Kier alpha value is -2.17. The molecule has 0 aliphatic carbocycles. The Morgan fingerprint density at radius 1 is 1.14 bits per heavy atom. The lowest BCUT2D eigenvalue weighted by Gasteiger charge is -2.13. The number of anilines is 1. The van der Waals surface area contributed by atoms with Crippen LogP contribution in [0.1, 0.15) is 5.56 Å². The van der Waals surface area contributed by atoms with Crippen molar-refractivity contribution in [2.75, 3.05) is 18.9 Å². The van der Waals surface area contributed by atoms with Crippen LogP contribution in [0.2, 0.25) is 0 Å². The molecule has 0 saturated carbocycles. The minimum atomic E-state index is 0.0445. The van der Waals surface area contributed by atoms with E-state index in [0.29, 0.717) is 6.54 Å². The maximum atomic E-state index is 12.2. The molecule has 1 atom stereocenters. The van der Waals surface area contributed by atoms with Gasteiger partial charge in [0, 0.05) is 11.3 Å². The highest BCUT2D eigenvalue weighted by Crippen LogP contribution is 2.18. The van der Waals surface area contributed by atoms with E-state index in [4.69, 9.17) is 0 Å². The molecule has 0 saturated heterocycles. The van der Waals surface area contributed by atoms with Gasteiger partial charge in [-0.05, 0) is 39.7 Å². The first kappa shape index (κ1) is 14.8. The van der Waals surface area contributed by atoms with Crippen molar-refractivity contribution < 1.29 is 9.69 Å². The first-order chi connectivity index (χ1) is 10.7. The summed E-state index contributed by atoms with van der Waals surface area (Å²) in [5.41, 5.74) is 2.13. The third-order valence-electron chi connectivity index (χ3n) is 3.58. The molecule has 0 bridgehead atoms. The second-order valence-electron chi connectivity index (χ2n) is 5.55. The normalized spacial score (nSPS) is 12.2. The van der Waals surface area contributed by atoms with E-state index in [2.05, 4.69) is 34.3 Å². The quantitative estimate of drug-likeness (QED) is 0.746. The van der Waals surface area contributed by atoms with Crippen molar-refractivity contribution in [2.24, 2.45) is 0 Å². The van der Waals surface area contributed by atoms with Gasteiger partial charge in [-0.15, -0.1) is 0 Å². The Bertz CT molecular complexity index is 768. The van der Waals surface area contributed by atoms with Crippen LogP contribution in [0.5, 0.6) is 0 Å². The second kappa shape index (κ2) is 6.73. The number of carbonyl (C=O) groups is 1. The summed E-state index contributed by atoms with van der Waals surface area (Å²) in [5, 5.41) is 9.50. The lowest BCUT2D eigenvalue weighted by Crippen LogP contribution is -3.08. The molecule has 1 unspecified atom stereocenters. The topological polar surface area (TPSA) is 33.5 Å². The van der Waals surface area contributed by atoms with Gasteiger partial charge in [-0.25, -0.2) is 0 Å². The number of hydrogen-bond acceptors (Lipinski definition) is 2. The van der Waals surface area contributed by atoms with Gasteiger partial charge in [0.05, 0.1) is 7.05 Å². The fourth-order valence-electron chi connectivity index (χ4n) is 2.55. The predicted molar refractivity (Wildman–Crippen MR) is 92.4 cm³/mol. The molecule has 0 radical (unpaired) electrons. The molecule has 3 aromatic rings. The van der Waals surface area contributed by atoms with Gasteiger partial charge in [-0.1, -0.05) is 30.3 Å². The van der Waals surface area contributed by atoms with Crippen molar-refractivity contribution in [3.8, 4) is 0 Å². The minimum absolute atomic E-state index is 0.0445. The first-order valence-electron chi connectivity index (χ1n) is 7.32. The summed E-state index contributed by atoms with van der Waals surface area (Å²) in [5.74, 6) is 0.0445. The molecule has 3 rings (SSSR count). The highest BCUT2D eigenvalue weighted by atomic mass is 32.1. The van der Waals surface area contributed by atoms with Gasteiger partial charge < -0.3 is 10.2 Å². The lowest BCUT2D eigenvalue weighted by molar-refractivity contribution is -0.885. The maximum absolute atomic E-state index is 12.2. The summed E-state index contributed by atoms with van der Waals surface area (Å²) < 4.78 is 0. The van der Waals surface area contributed by atoms with Crippen molar-refractivity contribution in [3.05, 3.63) is 64.9 Å². The SMILES string of the molecule is C[NH+](CC(=O)Nc1ccc2ccccc2c1)Cc1ccsc1. The van der Waals surface area contributed by atoms with E-state index in [-0.39, 0.29) is 5.91 Å². The van der Waals surface area contributed by atoms with E-state index in [1.807, 2.05) is 37.4 Å². The van der Waals surface area contributed by atoms with Gasteiger partial charge in [0.2, 0.25) is 0 Å². The largest absolute Gasteiger partial charge is 0.326 e. The van der Waals surface area contributed by atoms with Crippen molar-refractivity contribution in [1.82, 2.24) is 0 Å². The van der Waals surface area contributed by atoms with Crippen LogP contribution in [-0.2, 0) is 11.3 Å².